The summed E-state index contributed by atoms with van der Waals surface area (Å²) in [6.45, 7) is 4.13. The van der Waals surface area contributed by atoms with Gasteiger partial charge in [0, 0.05) is 41.5 Å². The molecule has 3 atom stereocenters. The molecular weight excluding hydrogens is 617 g/mol. The average Bonchev–Trinajstić information content (AvgIpc) is 3.66. The first-order valence-corrected chi connectivity index (χ1v) is 17.6. The average molecular weight is 655 g/mol. The molecule has 0 saturated heterocycles. The minimum atomic E-state index is -0.912. The number of carbonyl (C=O) groups excluding carboxylic acids is 1. The van der Waals surface area contributed by atoms with Gasteiger partial charge in [-0.15, -0.1) is 23.2 Å². The molecule has 0 radical (unpaired) electrons. The molecule has 2 aromatic heterocycles. The van der Waals surface area contributed by atoms with Crippen molar-refractivity contribution in [3.63, 3.8) is 0 Å². The number of halogens is 2. The number of allylic oxidation sites excluding steroid dienone is 1. The number of anilines is 1. The fraction of sp³-hybridized carbons (Fsp3) is 0.395. The Kier molecular flexibility index (Phi) is 7.49. The fourth-order valence-electron chi connectivity index (χ4n) is 8.51. The topological polar surface area (TPSA) is 64.4 Å². The summed E-state index contributed by atoms with van der Waals surface area (Å²) in [6.07, 6.45) is 4.65. The summed E-state index contributed by atoms with van der Waals surface area (Å²) in [5.74, 6) is 1.82. The molecule has 1 saturated carbocycles. The van der Waals surface area contributed by atoms with Gasteiger partial charge in [-0.2, -0.15) is 0 Å². The Labute approximate surface area is 279 Å². The van der Waals surface area contributed by atoms with Gasteiger partial charge in [-0.25, -0.2) is 4.98 Å². The van der Waals surface area contributed by atoms with Crippen LogP contribution in [0.1, 0.15) is 54.9 Å². The molecule has 0 unspecified atom stereocenters. The lowest BCUT2D eigenvalue weighted by molar-refractivity contribution is -0.153. The van der Waals surface area contributed by atoms with Crippen LogP contribution in [0.2, 0.25) is 0 Å². The van der Waals surface area contributed by atoms with Crippen molar-refractivity contribution in [1.29, 1.82) is 0 Å². The number of rotatable bonds is 11. The van der Waals surface area contributed by atoms with Gasteiger partial charge in [0.1, 0.15) is 12.0 Å². The first kappa shape index (κ1) is 29.8. The zero-order chi connectivity index (χ0) is 31.6. The number of fused-ring (bicyclic) bond motifs is 6. The number of carbonyl (C=O) groups is 1. The SMILES string of the molecule is CC[C@@]1(C2=C3C[C@@H]3[C@H]2CCCc2ccc(N(CCCl)CCCl)cc2)C(=O)OCc2c1cc1n(c2=O)Cc2cc3ccccc3nc2-1. The molecule has 0 bridgehead atoms. The van der Waals surface area contributed by atoms with E-state index in [4.69, 9.17) is 32.9 Å². The van der Waals surface area contributed by atoms with Gasteiger partial charge >= 0.3 is 5.97 Å². The summed E-state index contributed by atoms with van der Waals surface area (Å²) in [6, 6.07) is 21.0. The maximum absolute atomic E-state index is 14.1. The van der Waals surface area contributed by atoms with E-state index in [2.05, 4.69) is 54.3 Å². The summed E-state index contributed by atoms with van der Waals surface area (Å²) in [5, 5.41) is 1.06. The van der Waals surface area contributed by atoms with Crippen LogP contribution >= 0.6 is 23.2 Å². The second-order valence-corrected chi connectivity index (χ2v) is 13.9. The second kappa shape index (κ2) is 11.6. The van der Waals surface area contributed by atoms with Crippen LogP contribution in [0, 0.1) is 11.8 Å². The Bertz CT molecular complexity index is 1960. The number of para-hydroxylation sites is 1. The molecule has 6 nitrogen and oxygen atoms in total. The third-order valence-electron chi connectivity index (χ3n) is 10.8. The van der Waals surface area contributed by atoms with E-state index < -0.39 is 5.41 Å². The Morgan fingerprint density at radius 3 is 2.59 bits per heavy atom. The number of hydrogen-bond acceptors (Lipinski definition) is 5. The molecule has 2 aliphatic carbocycles. The number of cyclic esters (lactones) is 1. The third kappa shape index (κ3) is 4.55. The molecule has 1 fully saturated rings. The van der Waals surface area contributed by atoms with Gasteiger partial charge in [0.2, 0.25) is 0 Å². The van der Waals surface area contributed by atoms with Crippen molar-refractivity contribution < 1.29 is 9.53 Å². The zero-order valence-electron chi connectivity index (χ0n) is 26.0. The highest BCUT2D eigenvalue weighted by molar-refractivity contribution is 6.18. The molecular formula is C38H37Cl2N3O3. The number of nitrogens with zero attached hydrogens (tertiary/aromatic N) is 3. The van der Waals surface area contributed by atoms with Crippen LogP contribution in [0.5, 0.6) is 0 Å². The Morgan fingerprint density at radius 1 is 1.04 bits per heavy atom. The molecule has 4 heterocycles. The second-order valence-electron chi connectivity index (χ2n) is 13.1. The Morgan fingerprint density at radius 2 is 1.83 bits per heavy atom. The maximum Gasteiger partial charge on any atom is 0.321 e. The van der Waals surface area contributed by atoms with Crippen LogP contribution in [0.15, 0.2) is 76.6 Å². The smallest absolute Gasteiger partial charge is 0.321 e. The van der Waals surface area contributed by atoms with Crippen LogP contribution in [0.4, 0.5) is 5.69 Å². The predicted molar refractivity (Wildman–Crippen MR) is 184 cm³/mol. The van der Waals surface area contributed by atoms with Crippen molar-refractivity contribution in [1.82, 2.24) is 9.55 Å². The monoisotopic (exact) mass is 653 g/mol. The standard InChI is InChI=1S/C38H37Cl2N3O3/c1-2-38(34-27(28-19-29(28)34)8-5-6-23-10-12-26(13-11-23)42(16-14-39)17-15-40)31-20-33-35-25(18-24-7-3-4-9-32(24)41-35)21-43(33)36(44)30(31)22-46-37(38)45/h3-4,7,9-13,18,20,27-28H,2,5-6,8,14-17,19,21-22H2,1H3/t27-,28-,38-/m1/s1. The number of ether oxygens (including phenoxy) is 1. The van der Waals surface area contributed by atoms with E-state index in [1.165, 1.54) is 16.7 Å². The van der Waals surface area contributed by atoms with Gasteiger partial charge in [-0.3, -0.25) is 9.59 Å². The van der Waals surface area contributed by atoms with Gasteiger partial charge < -0.3 is 14.2 Å². The molecule has 0 amide bonds. The molecule has 4 aliphatic rings. The summed E-state index contributed by atoms with van der Waals surface area (Å²) >= 11 is 12.0. The highest BCUT2D eigenvalue weighted by Crippen LogP contribution is 2.67. The van der Waals surface area contributed by atoms with Gasteiger partial charge in [0.15, 0.2) is 0 Å². The molecule has 8 rings (SSSR count). The number of hydrogen-bond donors (Lipinski definition) is 0. The van der Waals surface area contributed by atoms with Crippen molar-refractivity contribution in [3.05, 3.63) is 104 Å². The van der Waals surface area contributed by atoms with E-state index in [0.29, 0.717) is 42.1 Å². The molecule has 4 aromatic rings. The Hall–Kier alpha value is -3.61. The van der Waals surface area contributed by atoms with E-state index in [-0.39, 0.29) is 18.1 Å². The van der Waals surface area contributed by atoms with Crippen LogP contribution in [0.3, 0.4) is 0 Å². The maximum atomic E-state index is 14.1. The number of aromatic nitrogens is 2. The van der Waals surface area contributed by atoms with Crippen molar-refractivity contribution in [3.8, 4) is 11.4 Å². The third-order valence-corrected chi connectivity index (χ3v) is 11.2. The van der Waals surface area contributed by atoms with Crippen molar-refractivity contribution in [2.45, 2.75) is 57.6 Å². The van der Waals surface area contributed by atoms with Gasteiger partial charge in [0.25, 0.3) is 5.56 Å². The first-order valence-electron chi connectivity index (χ1n) is 16.5. The lowest BCUT2D eigenvalue weighted by Gasteiger charge is -2.44. The van der Waals surface area contributed by atoms with Gasteiger partial charge in [-0.05, 0) is 91.0 Å². The van der Waals surface area contributed by atoms with Crippen LogP contribution in [-0.4, -0.2) is 40.4 Å². The van der Waals surface area contributed by atoms with Crippen molar-refractivity contribution in [2.75, 3.05) is 29.7 Å². The Balaban J connectivity index is 1.08. The lowest BCUT2D eigenvalue weighted by atomic mass is 9.60. The van der Waals surface area contributed by atoms with Crippen LogP contribution < -0.4 is 10.5 Å². The quantitative estimate of drug-likeness (QED) is 0.0845. The minimum Gasteiger partial charge on any atom is -0.460 e. The van der Waals surface area contributed by atoms with Crippen molar-refractivity contribution in [2.24, 2.45) is 11.8 Å². The molecule has 2 aromatic carbocycles. The van der Waals surface area contributed by atoms with Crippen LogP contribution in [0.25, 0.3) is 22.3 Å². The summed E-state index contributed by atoms with van der Waals surface area (Å²) in [7, 11) is 0. The number of aryl methyl sites for hydroxylation is 1. The van der Waals surface area contributed by atoms with Crippen LogP contribution in [-0.2, 0) is 34.5 Å². The molecule has 46 heavy (non-hydrogen) atoms. The zero-order valence-corrected chi connectivity index (χ0v) is 27.5. The number of pyridine rings is 2. The molecule has 236 valence electrons. The number of alkyl halides is 2. The lowest BCUT2D eigenvalue weighted by Crippen LogP contribution is -2.49. The summed E-state index contributed by atoms with van der Waals surface area (Å²) in [4.78, 5) is 35.2. The normalized spacial score (nSPS) is 22.1. The highest BCUT2D eigenvalue weighted by atomic mass is 35.5. The van der Waals surface area contributed by atoms with Gasteiger partial charge in [-0.1, -0.05) is 42.8 Å². The van der Waals surface area contributed by atoms with E-state index in [9.17, 15) is 9.59 Å². The van der Waals surface area contributed by atoms with E-state index in [1.54, 1.807) is 0 Å². The van der Waals surface area contributed by atoms with Gasteiger partial charge in [0.05, 0.1) is 29.0 Å². The van der Waals surface area contributed by atoms with Crippen molar-refractivity contribution >= 4 is 45.8 Å². The summed E-state index contributed by atoms with van der Waals surface area (Å²) < 4.78 is 7.70. The molecule has 2 aliphatic heterocycles. The fourth-order valence-corrected chi connectivity index (χ4v) is 8.92. The number of benzene rings is 2. The van der Waals surface area contributed by atoms with E-state index >= 15 is 0 Å². The first-order chi connectivity index (χ1) is 22.5. The molecule has 8 heteroatoms. The molecule has 0 spiro atoms. The minimum absolute atomic E-state index is 0.0285. The van der Waals surface area contributed by atoms with E-state index in [1.807, 2.05) is 22.8 Å². The van der Waals surface area contributed by atoms with E-state index in [0.717, 1.165) is 77.9 Å². The predicted octanol–water partition coefficient (Wildman–Crippen LogP) is 7.38. The highest BCUT2D eigenvalue weighted by Gasteiger charge is 2.62. The summed E-state index contributed by atoms with van der Waals surface area (Å²) in [5.41, 5.74) is 9.17. The number of esters is 1. The molecule has 0 N–H and O–H groups in total. The largest absolute Gasteiger partial charge is 0.460 e.